The van der Waals surface area contributed by atoms with Crippen molar-refractivity contribution in [1.82, 2.24) is 0 Å². The summed E-state index contributed by atoms with van der Waals surface area (Å²) >= 11 is 0. The van der Waals surface area contributed by atoms with Crippen molar-refractivity contribution in [3.05, 3.63) is 0 Å². The molecule has 0 saturated heterocycles. The minimum atomic E-state index is 0.536. The Labute approximate surface area is 69.4 Å². The van der Waals surface area contributed by atoms with Crippen LogP contribution in [0.3, 0.4) is 0 Å². The standard InChI is InChI=1S/C10H19N/c1-6(2)9-7-3-4-8(5-7)10(9)11/h6-10H,3-5,11H2,1-2H3/t7-,8+,9-,10+/m0/s1. The topological polar surface area (TPSA) is 26.0 Å². The minimum absolute atomic E-state index is 0.536. The van der Waals surface area contributed by atoms with Crippen LogP contribution in [-0.4, -0.2) is 6.04 Å². The highest BCUT2D eigenvalue weighted by Crippen LogP contribution is 2.50. The first kappa shape index (κ1) is 7.60. The summed E-state index contributed by atoms with van der Waals surface area (Å²) in [6, 6.07) is 0.536. The SMILES string of the molecule is CC(C)[C@H]1[C@H]2CC[C@H](C2)[C@H]1N. The van der Waals surface area contributed by atoms with E-state index in [-0.39, 0.29) is 0 Å². The maximum absolute atomic E-state index is 6.17. The molecule has 2 N–H and O–H groups in total. The van der Waals surface area contributed by atoms with Gasteiger partial charge in [0, 0.05) is 6.04 Å². The van der Waals surface area contributed by atoms with Crippen LogP contribution < -0.4 is 5.73 Å². The lowest BCUT2D eigenvalue weighted by Crippen LogP contribution is -2.38. The molecule has 2 bridgehead atoms. The number of hydrogen-bond acceptors (Lipinski definition) is 1. The van der Waals surface area contributed by atoms with Crippen LogP contribution in [0.15, 0.2) is 0 Å². The molecule has 0 aromatic rings. The van der Waals surface area contributed by atoms with Crippen LogP contribution in [0, 0.1) is 23.7 Å². The van der Waals surface area contributed by atoms with Gasteiger partial charge in [-0.15, -0.1) is 0 Å². The van der Waals surface area contributed by atoms with E-state index in [1.165, 1.54) is 19.3 Å². The Morgan fingerprint density at radius 1 is 1.18 bits per heavy atom. The summed E-state index contributed by atoms with van der Waals surface area (Å²) in [7, 11) is 0. The van der Waals surface area contributed by atoms with E-state index in [4.69, 9.17) is 5.73 Å². The average molecular weight is 153 g/mol. The second-order valence-electron chi connectivity index (χ2n) is 4.73. The normalized spacial score (nSPS) is 49.1. The van der Waals surface area contributed by atoms with Crippen molar-refractivity contribution in [1.29, 1.82) is 0 Å². The Balaban J connectivity index is 2.11. The monoisotopic (exact) mass is 153 g/mol. The van der Waals surface area contributed by atoms with Crippen LogP contribution in [0.2, 0.25) is 0 Å². The van der Waals surface area contributed by atoms with Gasteiger partial charge in [-0.1, -0.05) is 13.8 Å². The lowest BCUT2D eigenvalue weighted by atomic mass is 9.78. The highest BCUT2D eigenvalue weighted by molar-refractivity contribution is 4.99. The van der Waals surface area contributed by atoms with E-state index in [0.717, 1.165) is 23.7 Å². The molecule has 0 heterocycles. The summed E-state index contributed by atoms with van der Waals surface area (Å²) in [5, 5.41) is 0. The largest absolute Gasteiger partial charge is 0.327 e. The maximum Gasteiger partial charge on any atom is 0.0101 e. The van der Waals surface area contributed by atoms with Crippen LogP contribution in [0.4, 0.5) is 0 Å². The third-order valence-corrected chi connectivity index (χ3v) is 3.82. The highest BCUT2D eigenvalue weighted by atomic mass is 14.7. The molecule has 2 saturated carbocycles. The zero-order valence-corrected chi connectivity index (χ0v) is 7.59. The predicted molar refractivity (Wildman–Crippen MR) is 47.1 cm³/mol. The van der Waals surface area contributed by atoms with Crippen molar-refractivity contribution in [2.75, 3.05) is 0 Å². The van der Waals surface area contributed by atoms with Gasteiger partial charge in [-0.25, -0.2) is 0 Å². The van der Waals surface area contributed by atoms with Gasteiger partial charge in [0.05, 0.1) is 0 Å². The van der Waals surface area contributed by atoms with Crippen molar-refractivity contribution in [2.45, 2.75) is 39.2 Å². The molecule has 0 amide bonds. The Bertz CT molecular complexity index is 151. The fourth-order valence-electron chi connectivity index (χ4n) is 3.37. The number of rotatable bonds is 1. The zero-order valence-electron chi connectivity index (χ0n) is 7.59. The van der Waals surface area contributed by atoms with Gasteiger partial charge in [0.25, 0.3) is 0 Å². The molecule has 0 aromatic heterocycles. The van der Waals surface area contributed by atoms with E-state index in [0.29, 0.717) is 6.04 Å². The van der Waals surface area contributed by atoms with Gasteiger partial charge in [-0.2, -0.15) is 0 Å². The first-order chi connectivity index (χ1) is 5.20. The lowest BCUT2D eigenvalue weighted by molar-refractivity contribution is 0.222. The third kappa shape index (κ3) is 1.01. The average Bonchev–Trinajstić information content (AvgIpc) is 2.44. The van der Waals surface area contributed by atoms with E-state index >= 15 is 0 Å². The van der Waals surface area contributed by atoms with Gasteiger partial charge in [-0.3, -0.25) is 0 Å². The predicted octanol–water partition coefficient (Wildman–Crippen LogP) is 2.02. The van der Waals surface area contributed by atoms with E-state index in [2.05, 4.69) is 13.8 Å². The number of nitrogens with two attached hydrogens (primary N) is 1. The van der Waals surface area contributed by atoms with Gasteiger partial charge >= 0.3 is 0 Å². The molecule has 0 aliphatic heterocycles. The minimum Gasteiger partial charge on any atom is -0.327 e. The van der Waals surface area contributed by atoms with E-state index < -0.39 is 0 Å². The molecule has 64 valence electrons. The number of hydrogen-bond donors (Lipinski definition) is 1. The molecule has 4 atom stereocenters. The van der Waals surface area contributed by atoms with Crippen molar-refractivity contribution in [3.8, 4) is 0 Å². The van der Waals surface area contributed by atoms with Gasteiger partial charge < -0.3 is 5.73 Å². The maximum atomic E-state index is 6.17. The molecule has 0 unspecified atom stereocenters. The molecule has 2 aliphatic rings. The first-order valence-corrected chi connectivity index (χ1v) is 4.95. The fourth-order valence-corrected chi connectivity index (χ4v) is 3.37. The van der Waals surface area contributed by atoms with Gasteiger partial charge in [0.1, 0.15) is 0 Å². The van der Waals surface area contributed by atoms with E-state index in [9.17, 15) is 0 Å². The van der Waals surface area contributed by atoms with Crippen molar-refractivity contribution >= 4 is 0 Å². The molecule has 0 aromatic carbocycles. The van der Waals surface area contributed by atoms with Crippen molar-refractivity contribution < 1.29 is 0 Å². The second kappa shape index (κ2) is 2.48. The van der Waals surface area contributed by atoms with Gasteiger partial charge in [0.15, 0.2) is 0 Å². The van der Waals surface area contributed by atoms with Gasteiger partial charge in [0.2, 0.25) is 0 Å². The van der Waals surface area contributed by atoms with Crippen LogP contribution >= 0.6 is 0 Å². The Kier molecular flexibility index (Phi) is 1.71. The molecular formula is C10H19N. The molecule has 1 heteroatoms. The summed E-state index contributed by atoms with van der Waals surface area (Å²) in [6.45, 7) is 4.65. The highest BCUT2D eigenvalue weighted by Gasteiger charge is 2.46. The molecule has 0 radical (unpaired) electrons. The molecule has 11 heavy (non-hydrogen) atoms. The summed E-state index contributed by atoms with van der Waals surface area (Å²) in [5.41, 5.74) is 6.17. The first-order valence-electron chi connectivity index (χ1n) is 4.95. The smallest absolute Gasteiger partial charge is 0.0101 e. The second-order valence-corrected chi connectivity index (χ2v) is 4.73. The van der Waals surface area contributed by atoms with Crippen LogP contribution in [0.25, 0.3) is 0 Å². The van der Waals surface area contributed by atoms with Crippen molar-refractivity contribution in [2.24, 2.45) is 29.4 Å². The number of fused-ring (bicyclic) bond motifs is 2. The quantitative estimate of drug-likeness (QED) is 0.612. The molecule has 2 aliphatic carbocycles. The van der Waals surface area contributed by atoms with Crippen LogP contribution in [0.1, 0.15) is 33.1 Å². The zero-order chi connectivity index (χ0) is 8.01. The molecule has 0 spiro atoms. The summed E-state index contributed by atoms with van der Waals surface area (Å²) in [4.78, 5) is 0. The molecule has 1 nitrogen and oxygen atoms in total. The summed E-state index contributed by atoms with van der Waals surface area (Å²) in [6.07, 6.45) is 4.31. The van der Waals surface area contributed by atoms with Crippen molar-refractivity contribution in [3.63, 3.8) is 0 Å². The fraction of sp³-hybridized carbons (Fsp3) is 1.00. The Morgan fingerprint density at radius 2 is 1.82 bits per heavy atom. The van der Waals surface area contributed by atoms with Gasteiger partial charge in [-0.05, 0) is 42.9 Å². The van der Waals surface area contributed by atoms with E-state index in [1.807, 2.05) is 0 Å². The molecule has 2 rings (SSSR count). The Morgan fingerprint density at radius 3 is 2.18 bits per heavy atom. The molecular weight excluding hydrogens is 134 g/mol. The van der Waals surface area contributed by atoms with Crippen LogP contribution in [0.5, 0.6) is 0 Å². The van der Waals surface area contributed by atoms with Crippen LogP contribution in [-0.2, 0) is 0 Å². The Hall–Kier alpha value is -0.0400. The lowest BCUT2D eigenvalue weighted by Gasteiger charge is -2.31. The summed E-state index contributed by atoms with van der Waals surface area (Å²) < 4.78 is 0. The summed E-state index contributed by atoms with van der Waals surface area (Å²) in [5.74, 6) is 3.51. The van der Waals surface area contributed by atoms with E-state index in [1.54, 1.807) is 0 Å². The molecule has 2 fully saturated rings. The third-order valence-electron chi connectivity index (χ3n) is 3.82.